The zero-order valence-corrected chi connectivity index (χ0v) is 12.5. The van der Waals surface area contributed by atoms with Gasteiger partial charge in [0.2, 0.25) is 0 Å². The Hall–Kier alpha value is -2.14. The molecule has 0 aliphatic rings. The highest BCUT2D eigenvalue weighted by molar-refractivity contribution is 7.13. The number of ketones is 1. The topological polar surface area (TPSA) is 63.6 Å². The Labute approximate surface area is 127 Å². The van der Waals surface area contributed by atoms with Crippen LogP contribution in [0.2, 0.25) is 0 Å². The van der Waals surface area contributed by atoms with E-state index in [1.165, 1.54) is 11.3 Å². The van der Waals surface area contributed by atoms with Crippen molar-refractivity contribution in [3.63, 3.8) is 0 Å². The van der Waals surface area contributed by atoms with Crippen LogP contribution < -0.4 is 4.74 Å². The number of carboxylic acids is 1. The summed E-state index contributed by atoms with van der Waals surface area (Å²) < 4.78 is 5.62. The van der Waals surface area contributed by atoms with E-state index in [1.807, 2.05) is 24.3 Å². The fraction of sp³-hybridized carbons (Fsp3) is 0.250. The van der Waals surface area contributed by atoms with Crippen LogP contribution in [0.25, 0.3) is 0 Å². The van der Waals surface area contributed by atoms with Crippen molar-refractivity contribution in [3.05, 3.63) is 51.7 Å². The molecule has 0 spiro atoms. The Balaban J connectivity index is 1.88. The summed E-state index contributed by atoms with van der Waals surface area (Å²) in [5.41, 5.74) is 1.10. The maximum Gasteiger partial charge on any atom is 0.345 e. The number of rotatable bonds is 7. The molecule has 1 aromatic carbocycles. The van der Waals surface area contributed by atoms with Crippen LogP contribution in [0, 0.1) is 0 Å². The van der Waals surface area contributed by atoms with E-state index in [4.69, 9.17) is 9.84 Å². The minimum atomic E-state index is -0.916. The van der Waals surface area contributed by atoms with Gasteiger partial charge in [-0.05, 0) is 43.2 Å². The van der Waals surface area contributed by atoms with Gasteiger partial charge in [0.1, 0.15) is 23.0 Å². The number of hydrogen-bond acceptors (Lipinski definition) is 4. The molecule has 0 aliphatic carbocycles. The SMILES string of the molecule is CC(=O)CCc1ccc(OCc2ccc(C(=O)O)s2)cc1. The summed E-state index contributed by atoms with van der Waals surface area (Å²) in [5, 5.41) is 8.85. The van der Waals surface area contributed by atoms with Gasteiger partial charge in [0.25, 0.3) is 0 Å². The minimum Gasteiger partial charge on any atom is -0.488 e. The number of ether oxygens (including phenoxy) is 1. The molecule has 0 radical (unpaired) electrons. The number of carbonyl (C=O) groups is 2. The lowest BCUT2D eigenvalue weighted by Crippen LogP contribution is -1.95. The second kappa shape index (κ2) is 7.04. The molecule has 0 saturated heterocycles. The maximum absolute atomic E-state index is 10.9. The van der Waals surface area contributed by atoms with E-state index in [1.54, 1.807) is 19.1 Å². The average Bonchev–Trinajstić information content (AvgIpc) is 2.93. The summed E-state index contributed by atoms with van der Waals surface area (Å²) in [5.74, 6) is -0.00446. The highest BCUT2D eigenvalue weighted by Gasteiger charge is 2.07. The molecule has 2 rings (SSSR count). The molecule has 4 nitrogen and oxygen atoms in total. The van der Waals surface area contributed by atoms with Crippen molar-refractivity contribution in [2.45, 2.75) is 26.4 Å². The molecular formula is C16H16O4S. The number of thiophene rings is 1. The first kappa shape index (κ1) is 15.3. The Morgan fingerprint density at radius 3 is 2.43 bits per heavy atom. The number of Topliss-reactive ketones (excluding diaryl/α,β-unsaturated/α-hetero) is 1. The number of aryl methyl sites for hydroxylation is 1. The summed E-state index contributed by atoms with van der Waals surface area (Å²) >= 11 is 1.21. The molecule has 1 aromatic heterocycles. The Kier molecular flexibility index (Phi) is 5.11. The Morgan fingerprint density at radius 2 is 1.86 bits per heavy atom. The van der Waals surface area contributed by atoms with Crippen LogP contribution in [0.3, 0.4) is 0 Å². The first-order valence-corrected chi connectivity index (χ1v) is 7.39. The standard InChI is InChI=1S/C16H16O4S/c1-11(17)2-3-12-4-6-13(7-5-12)20-10-14-8-9-15(21-14)16(18)19/h4-9H,2-3,10H2,1H3,(H,18,19). The van der Waals surface area contributed by atoms with Crippen molar-refractivity contribution in [1.82, 2.24) is 0 Å². The van der Waals surface area contributed by atoms with Gasteiger partial charge in [0.15, 0.2) is 0 Å². The zero-order valence-electron chi connectivity index (χ0n) is 11.7. The summed E-state index contributed by atoms with van der Waals surface area (Å²) in [6.45, 7) is 1.94. The third-order valence-corrected chi connectivity index (χ3v) is 3.99. The quantitative estimate of drug-likeness (QED) is 0.849. The van der Waals surface area contributed by atoms with Crippen LogP contribution in [0.5, 0.6) is 5.75 Å². The molecular weight excluding hydrogens is 288 g/mol. The number of hydrogen-bond donors (Lipinski definition) is 1. The van der Waals surface area contributed by atoms with Crippen molar-refractivity contribution in [3.8, 4) is 5.75 Å². The summed E-state index contributed by atoms with van der Waals surface area (Å²) in [7, 11) is 0. The van der Waals surface area contributed by atoms with Crippen LogP contribution in [0.15, 0.2) is 36.4 Å². The Morgan fingerprint density at radius 1 is 1.14 bits per heavy atom. The maximum atomic E-state index is 10.9. The van der Waals surface area contributed by atoms with Gasteiger partial charge in [0.05, 0.1) is 0 Å². The molecule has 1 N–H and O–H groups in total. The average molecular weight is 304 g/mol. The number of carboxylic acid groups (broad SMARTS) is 1. The van der Waals surface area contributed by atoms with Crippen LogP contribution in [0.4, 0.5) is 0 Å². The number of carbonyl (C=O) groups excluding carboxylic acids is 1. The Bertz CT molecular complexity index is 628. The smallest absolute Gasteiger partial charge is 0.345 e. The van der Waals surface area contributed by atoms with Crippen LogP contribution in [-0.4, -0.2) is 16.9 Å². The molecule has 0 amide bonds. The molecule has 0 aliphatic heterocycles. The first-order valence-electron chi connectivity index (χ1n) is 6.58. The van der Waals surface area contributed by atoms with E-state index in [0.29, 0.717) is 17.9 Å². The summed E-state index contributed by atoms with van der Waals surface area (Å²) in [6, 6.07) is 10.9. The molecule has 21 heavy (non-hydrogen) atoms. The highest BCUT2D eigenvalue weighted by Crippen LogP contribution is 2.20. The van der Waals surface area contributed by atoms with Gasteiger partial charge in [-0.15, -0.1) is 11.3 Å². The predicted octanol–water partition coefficient (Wildman–Crippen LogP) is 3.55. The zero-order chi connectivity index (χ0) is 15.2. The second-order valence-electron chi connectivity index (χ2n) is 4.71. The number of aromatic carboxylic acids is 1. The van der Waals surface area contributed by atoms with Crippen molar-refractivity contribution >= 4 is 23.1 Å². The van der Waals surface area contributed by atoms with Gasteiger partial charge in [-0.1, -0.05) is 12.1 Å². The van der Waals surface area contributed by atoms with Gasteiger partial charge in [-0.25, -0.2) is 4.79 Å². The van der Waals surface area contributed by atoms with Gasteiger partial charge in [-0.3, -0.25) is 0 Å². The lowest BCUT2D eigenvalue weighted by atomic mass is 10.1. The minimum absolute atomic E-state index is 0.183. The van der Waals surface area contributed by atoms with Crippen molar-refractivity contribution in [1.29, 1.82) is 0 Å². The lowest BCUT2D eigenvalue weighted by molar-refractivity contribution is -0.116. The van der Waals surface area contributed by atoms with E-state index < -0.39 is 5.97 Å². The molecule has 110 valence electrons. The fourth-order valence-corrected chi connectivity index (χ4v) is 2.56. The van der Waals surface area contributed by atoms with E-state index in [2.05, 4.69) is 0 Å². The fourth-order valence-electron chi connectivity index (χ4n) is 1.80. The highest BCUT2D eigenvalue weighted by atomic mass is 32.1. The van der Waals surface area contributed by atoms with Gasteiger partial charge < -0.3 is 14.6 Å². The molecule has 2 aromatic rings. The third kappa shape index (κ3) is 4.72. The molecule has 0 saturated carbocycles. The van der Waals surface area contributed by atoms with E-state index in [-0.39, 0.29) is 5.78 Å². The largest absolute Gasteiger partial charge is 0.488 e. The first-order chi connectivity index (χ1) is 10.0. The van der Waals surface area contributed by atoms with Gasteiger partial charge in [0, 0.05) is 11.3 Å². The third-order valence-electron chi connectivity index (χ3n) is 2.94. The van der Waals surface area contributed by atoms with E-state index in [0.717, 1.165) is 22.6 Å². The van der Waals surface area contributed by atoms with Crippen LogP contribution >= 0.6 is 11.3 Å². The van der Waals surface area contributed by atoms with Crippen molar-refractivity contribution in [2.24, 2.45) is 0 Å². The number of benzene rings is 1. The van der Waals surface area contributed by atoms with E-state index >= 15 is 0 Å². The molecule has 0 bridgehead atoms. The second-order valence-corrected chi connectivity index (χ2v) is 5.87. The molecule has 1 heterocycles. The molecule has 0 fully saturated rings. The monoisotopic (exact) mass is 304 g/mol. The molecule has 0 atom stereocenters. The summed E-state index contributed by atoms with van der Waals surface area (Å²) in [6.07, 6.45) is 1.29. The molecule has 5 heteroatoms. The van der Waals surface area contributed by atoms with Crippen LogP contribution in [-0.2, 0) is 17.8 Å². The normalized spacial score (nSPS) is 10.3. The van der Waals surface area contributed by atoms with Gasteiger partial charge in [-0.2, -0.15) is 0 Å². The lowest BCUT2D eigenvalue weighted by Gasteiger charge is -2.05. The summed E-state index contributed by atoms with van der Waals surface area (Å²) in [4.78, 5) is 22.9. The van der Waals surface area contributed by atoms with Crippen molar-refractivity contribution in [2.75, 3.05) is 0 Å². The van der Waals surface area contributed by atoms with Crippen molar-refractivity contribution < 1.29 is 19.4 Å². The molecule has 0 unspecified atom stereocenters. The van der Waals surface area contributed by atoms with Crippen LogP contribution in [0.1, 0.15) is 33.5 Å². The van der Waals surface area contributed by atoms with Gasteiger partial charge >= 0.3 is 5.97 Å². The predicted molar refractivity (Wildman–Crippen MR) is 81.1 cm³/mol. The van der Waals surface area contributed by atoms with E-state index in [9.17, 15) is 9.59 Å².